The average Bonchev–Trinajstić information content (AvgIpc) is 3.24. The molecule has 0 atom stereocenters. The van der Waals surface area contributed by atoms with Gasteiger partial charge in [0.2, 0.25) is 11.7 Å². The molecule has 0 radical (unpaired) electrons. The van der Waals surface area contributed by atoms with Crippen LogP contribution in [0.5, 0.6) is 0 Å². The van der Waals surface area contributed by atoms with Crippen LogP contribution in [0.2, 0.25) is 5.02 Å². The van der Waals surface area contributed by atoms with Crippen molar-refractivity contribution in [2.75, 3.05) is 14.1 Å². The molecular weight excluding hydrogens is 350 g/mol. The molecule has 1 aromatic carbocycles. The molecule has 0 aliphatic carbocycles. The van der Waals surface area contributed by atoms with Crippen molar-refractivity contribution in [3.63, 3.8) is 0 Å². The highest BCUT2D eigenvalue weighted by atomic mass is 35.5. The van der Waals surface area contributed by atoms with Gasteiger partial charge >= 0.3 is 0 Å². The molecule has 0 saturated heterocycles. The number of hydrogen-bond acceptors (Lipinski definition) is 5. The summed E-state index contributed by atoms with van der Waals surface area (Å²) in [5.74, 6) is 1.12. The molecule has 0 saturated carbocycles. The second-order valence-corrected chi connectivity index (χ2v) is 6.86. The molecular formula is C19H18ClN5O. The standard InChI is InChI=1S/C19H18ClN5O/c1-25(2)11-12-3-5-13(6-4-12)18-23-16(26-24-18)9-14-10-22-19-17(14)15(20)7-8-21-19/h3-8,10H,9,11H2,1-2H3,(H,21,22). The fourth-order valence-corrected chi connectivity index (χ4v) is 3.22. The molecule has 0 unspecified atom stereocenters. The van der Waals surface area contributed by atoms with Crippen LogP contribution in [0.25, 0.3) is 22.4 Å². The summed E-state index contributed by atoms with van der Waals surface area (Å²) < 4.78 is 5.43. The highest BCUT2D eigenvalue weighted by Gasteiger charge is 2.14. The van der Waals surface area contributed by atoms with E-state index in [1.807, 2.05) is 32.4 Å². The van der Waals surface area contributed by atoms with Crippen molar-refractivity contribution in [2.45, 2.75) is 13.0 Å². The normalized spacial score (nSPS) is 11.5. The van der Waals surface area contributed by atoms with Gasteiger partial charge in [0.25, 0.3) is 0 Å². The van der Waals surface area contributed by atoms with Crippen molar-refractivity contribution in [1.29, 1.82) is 0 Å². The maximum atomic E-state index is 6.29. The minimum atomic E-state index is 0.497. The lowest BCUT2D eigenvalue weighted by Crippen LogP contribution is -2.10. The zero-order valence-electron chi connectivity index (χ0n) is 14.5. The van der Waals surface area contributed by atoms with Gasteiger partial charge in [-0.15, -0.1) is 0 Å². The summed E-state index contributed by atoms with van der Waals surface area (Å²) >= 11 is 6.29. The quantitative estimate of drug-likeness (QED) is 0.579. The van der Waals surface area contributed by atoms with Crippen molar-refractivity contribution in [3.8, 4) is 11.4 Å². The zero-order chi connectivity index (χ0) is 18.1. The largest absolute Gasteiger partial charge is 0.346 e. The predicted octanol–water partition coefficient (Wildman–Crippen LogP) is 3.92. The number of pyridine rings is 1. The first-order valence-corrected chi connectivity index (χ1v) is 8.65. The molecule has 1 N–H and O–H groups in total. The van der Waals surface area contributed by atoms with E-state index in [1.165, 1.54) is 5.56 Å². The third-order valence-electron chi connectivity index (χ3n) is 4.13. The Morgan fingerprint density at radius 2 is 1.96 bits per heavy atom. The predicted molar refractivity (Wildman–Crippen MR) is 101 cm³/mol. The Balaban J connectivity index is 1.56. The molecule has 0 aliphatic heterocycles. The molecule has 0 amide bonds. The van der Waals surface area contributed by atoms with E-state index in [4.69, 9.17) is 16.1 Å². The Hall–Kier alpha value is -2.70. The number of halogens is 1. The Kier molecular flexibility index (Phi) is 4.44. The van der Waals surface area contributed by atoms with Gasteiger partial charge < -0.3 is 14.4 Å². The summed E-state index contributed by atoms with van der Waals surface area (Å²) in [6.45, 7) is 0.896. The number of benzene rings is 1. The molecule has 4 rings (SSSR count). The van der Waals surface area contributed by atoms with Crippen molar-refractivity contribution in [2.24, 2.45) is 0 Å². The molecule has 26 heavy (non-hydrogen) atoms. The third kappa shape index (κ3) is 3.34. The number of hydrogen-bond donors (Lipinski definition) is 1. The van der Waals surface area contributed by atoms with Gasteiger partial charge in [-0.2, -0.15) is 4.98 Å². The molecule has 0 fully saturated rings. The van der Waals surface area contributed by atoms with Crippen LogP contribution in [0.1, 0.15) is 17.0 Å². The molecule has 4 aromatic rings. The van der Waals surface area contributed by atoms with Crippen LogP contribution < -0.4 is 0 Å². The molecule has 0 bridgehead atoms. The molecule has 7 heteroatoms. The Morgan fingerprint density at radius 1 is 1.15 bits per heavy atom. The topological polar surface area (TPSA) is 70.8 Å². The van der Waals surface area contributed by atoms with Gasteiger partial charge in [0.1, 0.15) is 5.65 Å². The second-order valence-electron chi connectivity index (χ2n) is 6.45. The van der Waals surface area contributed by atoms with Gasteiger partial charge in [-0.05, 0) is 31.3 Å². The monoisotopic (exact) mass is 367 g/mol. The first-order chi connectivity index (χ1) is 12.6. The fourth-order valence-electron chi connectivity index (χ4n) is 2.95. The fraction of sp³-hybridized carbons (Fsp3) is 0.211. The van der Waals surface area contributed by atoms with E-state index in [1.54, 1.807) is 12.3 Å². The maximum absolute atomic E-state index is 6.29. The van der Waals surface area contributed by atoms with E-state index in [2.05, 4.69) is 37.1 Å². The molecule has 0 spiro atoms. The second kappa shape index (κ2) is 6.90. The highest BCUT2D eigenvalue weighted by molar-refractivity contribution is 6.35. The lowest BCUT2D eigenvalue weighted by atomic mass is 10.1. The number of H-pyrrole nitrogens is 1. The van der Waals surface area contributed by atoms with Crippen LogP contribution in [0, 0.1) is 0 Å². The van der Waals surface area contributed by atoms with E-state index in [-0.39, 0.29) is 0 Å². The average molecular weight is 368 g/mol. The Bertz CT molecular complexity index is 1040. The van der Waals surface area contributed by atoms with Crippen molar-refractivity contribution >= 4 is 22.6 Å². The van der Waals surface area contributed by atoms with Crippen LogP contribution >= 0.6 is 11.6 Å². The molecule has 6 nitrogen and oxygen atoms in total. The Morgan fingerprint density at radius 3 is 2.73 bits per heavy atom. The summed E-state index contributed by atoms with van der Waals surface area (Å²) in [7, 11) is 4.09. The van der Waals surface area contributed by atoms with Gasteiger partial charge in [0, 0.05) is 29.9 Å². The van der Waals surface area contributed by atoms with Gasteiger partial charge in [-0.25, -0.2) is 4.98 Å². The molecule has 0 aliphatic rings. The summed E-state index contributed by atoms with van der Waals surface area (Å²) in [6, 6.07) is 9.96. The first-order valence-electron chi connectivity index (χ1n) is 8.27. The zero-order valence-corrected chi connectivity index (χ0v) is 15.3. The number of nitrogens with one attached hydrogen (secondary N) is 1. The minimum Gasteiger partial charge on any atom is -0.346 e. The number of nitrogens with zero attached hydrogens (tertiary/aromatic N) is 4. The van der Waals surface area contributed by atoms with Crippen LogP contribution in [0.4, 0.5) is 0 Å². The van der Waals surface area contributed by atoms with Gasteiger partial charge in [0.15, 0.2) is 0 Å². The number of rotatable bonds is 5. The lowest BCUT2D eigenvalue weighted by molar-refractivity contribution is 0.386. The number of aromatic nitrogens is 4. The van der Waals surface area contributed by atoms with Crippen LogP contribution in [0.3, 0.4) is 0 Å². The minimum absolute atomic E-state index is 0.497. The summed E-state index contributed by atoms with van der Waals surface area (Å²) in [5.41, 5.74) is 3.91. The van der Waals surface area contributed by atoms with E-state index in [0.717, 1.165) is 28.7 Å². The van der Waals surface area contributed by atoms with Crippen molar-refractivity contribution < 1.29 is 4.52 Å². The van der Waals surface area contributed by atoms with Crippen LogP contribution in [-0.4, -0.2) is 39.1 Å². The van der Waals surface area contributed by atoms with Crippen molar-refractivity contribution in [1.82, 2.24) is 25.0 Å². The van der Waals surface area contributed by atoms with Crippen LogP contribution in [0.15, 0.2) is 47.2 Å². The first kappa shape index (κ1) is 16.8. The summed E-state index contributed by atoms with van der Waals surface area (Å²) in [5, 5.41) is 5.65. The summed E-state index contributed by atoms with van der Waals surface area (Å²) in [6.07, 6.45) is 4.05. The van der Waals surface area contributed by atoms with E-state index < -0.39 is 0 Å². The third-order valence-corrected chi connectivity index (χ3v) is 4.44. The lowest BCUT2D eigenvalue weighted by Gasteiger charge is -2.09. The van der Waals surface area contributed by atoms with E-state index in [9.17, 15) is 0 Å². The molecule has 132 valence electrons. The molecule has 3 aromatic heterocycles. The van der Waals surface area contributed by atoms with E-state index >= 15 is 0 Å². The number of fused-ring (bicyclic) bond motifs is 1. The highest BCUT2D eigenvalue weighted by Crippen LogP contribution is 2.27. The van der Waals surface area contributed by atoms with E-state index in [0.29, 0.717) is 23.2 Å². The molecule has 3 heterocycles. The van der Waals surface area contributed by atoms with Gasteiger partial charge in [-0.3, -0.25) is 0 Å². The number of aromatic amines is 1. The SMILES string of the molecule is CN(C)Cc1ccc(-c2noc(Cc3c[nH]c4nccc(Cl)c34)n2)cc1. The maximum Gasteiger partial charge on any atom is 0.231 e. The Labute approximate surface area is 155 Å². The van der Waals surface area contributed by atoms with Crippen molar-refractivity contribution in [3.05, 3.63) is 64.8 Å². The van der Waals surface area contributed by atoms with Crippen LogP contribution in [-0.2, 0) is 13.0 Å². The smallest absolute Gasteiger partial charge is 0.231 e. The van der Waals surface area contributed by atoms with Gasteiger partial charge in [0.05, 0.1) is 11.4 Å². The summed E-state index contributed by atoms with van der Waals surface area (Å²) in [4.78, 5) is 14.0. The van der Waals surface area contributed by atoms with Gasteiger partial charge in [-0.1, -0.05) is 41.0 Å².